The maximum atomic E-state index is 12.7. The van der Waals surface area contributed by atoms with Gasteiger partial charge in [-0.2, -0.15) is 0 Å². The molecular weight excluding hydrogens is 306 g/mol. The molecule has 1 atom stereocenters. The van der Waals surface area contributed by atoms with Crippen molar-refractivity contribution in [2.24, 2.45) is 0 Å². The van der Waals surface area contributed by atoms with Crippen LogP contribution in [0.5, 0.6) is 5.75 Å². The van der Waals surface area contributed by atoms with Gasteiger partial charge in [-0.3, -0.25) is 9.59 Å². The van der Waals surface area contributed by atoms with Crippen molar-refractivity contribution in [3.8, 4) is 5.75 Å². The van der Waals surface area contributed by atoms with Crippen LogP contribution >= 0.6 is 0 Å². The molecule has 0 fully saturated rings. The smallest absolute Gasteiger partial charge is 0.287 e. The van der Waals surface area contributed by atoms with Gasteiger partial charge in [0.15, 0.2) is 11.5 Å². The number of hydrogen-bond donors (Lipinski definition) is 1. The number of carbonyl (C=O) groups is 2. The van der Waals surface area contributed by atoms with Crippen LogP contribution in [0.15, 0.2) is 28.7 Å². The van der Waals surface area contributed by atoms with E-state index in [0.717, 1.165) is 24.2 Å². The molecule has 0 unspecified atom stereocenters. The first-order chi connectivity index (χ1) is 11.6. The Balaban J connectivity index is 1.61. The number of ketones is 1. The van der Waals surface area contributed by atoms with Crippen molar-refractivity contribution in [2.75, 3.05) is 6.61 Å². The maximum absolute atomic E-state index is 12.7. The number of amides is 1. The van der Waals surface area contributed by atoms with Crippen LogP contribution in [-0.4, -0.2) is 18.3 Å². The fourth-order valence-corrected chi connectivity index (χ4v) is 3.58. The number of aryl methyl sites for hydroxylation is 1. The number of carbonyl (C=O) groups excluding carboxylic acids is 2. The Labute approximate surface area is 140 Å². The zero-order valence-corrected chi connectivity index (χ0v) is 13.6. The van der Waals surface area contributed by atoms with Gasteiger partial charge in [-0.25, -0.2) is 0 Å². The summed E-state index contributed by atoms with van der Waals surface area (Å²) in [5, 5.41) is 3.03. The van der Waals surface area contributed by atoms with Gasteiger partial charge in [0.2, 0.25) is 0 Å². The lowest BCUT2D eigenvalue weighted by Gasteiger charge is -2.26. The number of benzene rings is 1. The Morgan fingerprint density at radius 3 is 2.92 bits per heavy atom. The molecule has 4 rings (SSSR count). The summed E-state index contributed by atoms with van der Waals surface area (Å²) in [6.07, 6.45) is 2.74. The van der Waals surface area contributed by atoms with Crippen molar-refractivity contribution in [1.29, 1.82) is 0 Å². The molecule has 1 amide bonds. The van der Waals surface area contributed by atoms with Crippen molar-refractivity contribution in [1.82, 2.24) is 5.32 Å². The second-order valence-corrected chi connectivity index (χ2v) is 6.33. The van der Waals surface area contributed by atoms with Gasteiger partial charge in [-0.1, -0.05) is 18.2 Å². The molecule has 0 radical (unpaired) electrons. The molecule has 2 heterocycles. The first kappa shape index (κ1) is 15.0. The van der Waals surface area contributed by atoms with Crippen molar-refractivity contribution < 1.29 is 18.7 Å². The number of nitrogens with one attached hydrogen (secondary N) is 1. The Morgan fingerprint density at radius 1 is 1.25 bits per heavy atom. The predicted molar refractivity (Wildman–Crippen MR) is 87.5 cm³/mol. The quantitative estimate of drug-likeness (QED) is 0.919. The summed E-state index contributed by atoms with van der Waals surface area (Å²) in [4.78, 5) is 24.8. The number of para-hydroxylation sites is 1. The van der Waals surface area contributed by atoms with Gasteiger partial charge in [0.05, 0.1) is 18.2 Å². The summed E-state index contributed by atoms with van der Waals surface area (Å²) in [6.45, 7) is 2.35. The molecule has 5 nitrogen and oxygen atoms in total. The van der Waals surface area contributed by atoms with Crippen molar-refractivity contribution in [3.63, 3.8) is 0 Å². The van der Waals surface area contributed by atoms with E-state index < -0.39 is 0 Å². The molecule has 0 saturated carbocycles. The van der Waals surface area contributed by atoms with Crippen molar-refractivity contribution in [3.05, 3.63) is 52.5 Å². The third-order valence-electron chi connectivity index (χ3n) is 4.78. The number of fused-ring (bicyclic) bond motifs is 2. The molecule has 1 aliphatic carbocycles. The molecule has 1 aromatic heterocycles. The summed E-state index contributed by atoms with van der Waals surface area (Å²) in [5.41, 5.74) is 2.24. The molecule has 2 aliphatic rings. The monoisotopic (exact) mass is 325 g/mol. The fraction of sp³-hybridized carbons (Fsp3) is 0.368. The van der Waals surface area contributed by atoms with Gasteiger partial charge >= 0.3 is 0 Å². The average Bonchev–Trinajstić information content (AvgIpc) is 2.93. The fourth-order valence-electron chi connectivity index (χ4n) is 3.58. The molecule has 0 saturated heterocycles. The number of rotatable bonds is 2. The molecule has 1 N–H and O–H groups in total. The van der Waals surface area contributed by atoms with E-state index in [1.807, 2.05) is 24.3 Å². The topological polar surface area (TPSA) is 68.5 Å². The van der Waals surface area contributed by atoms with Crippen LogP contribution in [0.1, 0.15) is 63.1 Å². The highest BCUT2D eigenvalue weighted by atomic mass is 16.5. The summed E-state index contributed by atoms with van der Waals surface area (Å²) >= 11 is 0. The Morgan fingerprint density at radius 2 is 2.08 bits per heavy atom. The maximum Gasteiger partial charge on any atom is 0.287 e. The summed E-state index contributed by atoms with van der Waals surface area (Å²) in [7, 11) is 0. The molecule has 24 heavy (non-hydrogen) atoms. The third-order valence-corrected chi connectivity index (χ3v) is 4.78. The van der Waals surface area contributed by atoms with Gasteiger partial charge in [0, 0.05) is 30.4 Å². The lowest BCUT2D eigenvalue weighted by Crippen LogP contribution is -2.32. The van der Waals surface area contributed by atoms with Gasteiger partial charge in [0.1, 0.15) is 11.5 Å². The van der Waals surface area contributed by atoms with Gasteiger partial charge in [-0.05, 0) is 19.4 Å². The summed E-state index contributed by atoms with van der Waals surface area (Å²) in [5.74, 6) is 1.53. The van der Waals surface area contributed by atoms with Gasteiger partial charge < -0.3 is 14.5 Å². The SMILES string of the molecule is Cc1c(C(=O)N[C@@H]2CCOc3ccccc32)oc2c1C(=O)CCC2. The molecule has 1 aliphatic heterocycles. The molecular formula is C19H19NO4. The molecule has 5 heteroatoms. The van der Waals surface area contributed by atoms with Crippen LogP contribution in [0, 0.1) is 6.92 Å². The Hall–Kier alpha value is -2.56. The normalized spacial score (nSPS) is 19.2. The highest BCUT2D eigenvalue weighted by Gasteiger charge is 2.30. The standard InChI is InChI=1S/C19H19NO4/c1-11-17-14(21)6-4-8-16(17)24-18(11)19(22)20-13-9-10-23-15-7-3-2-5-12(13)15/h2-3,5,7,13H,4,6,8-10H2,1H3,(H,20,22)/t13-/m1/s1. The van der Waals surface area contributed by atoms with E-state index in [1.54, 1.807) is 6.92 Å². The zero-order chi connectivity index (χ0) is 16.7. The first-order valence-corrected chi connectivity index (χ1v) is 8.33. The van der Waals surface area contributed by atoms with E-state index in [4.69, 9.17) is 9.15 Å². The van der Waals surface area contributed by atoms with E-state index in [9.17, 15) is 9.59 Å². The summed E-state index contributed by atoms with van der Waals surface area (Å²) < 4.78 is 11.4. The molecule has 124 valence electrons. The zero-order valence-electron chi connectivity index (χ0n) is 13.6. The van der Waals surface area contributed by atoms with E-state index in [1.165, 1.54) is 0 Å². The first-order valence-electron chi connectivity index (χ1n) is 8.33. The van der Waals surface area contributed by atoms with Crippen LogP contribution in [0.25, 0.3) is 0 Å². The van der Waals surface area contributed by atoms with E-state index in [-0.39, 0.29) is 23.5 Å². The summed E-state index contributed by atoms with van der Waals surface area (Å²) in [6, 6.07) is 7.60. The van der Waals surface area contributed by atoms with Crippen molar-refractivity contribution >= 4 is 11.7 Å². The minimum Gasteiger partial charge on any atom is -0.493 e. The lowest BCUT2D eigenvalue weighted by atomic mass is 9.94. The second kappa shape index (κ2) is 5.82. The van der Waals surface area contributed by atoms with Crippen LogP contribution in [-0.2, 0) is 6.42 Å². The van der Waals surface area contributed by atoms with Gasteiger partial charge in [-0.15, -0.1) is 0 Å². The average molecular weight is 325 g/mol. The second-order valence-electron chi connectivity index (χ2n) is 6.33. The lowest BCUT2D eigenvalue weighted by molar-refractivity contribution is 0.0891. The van der Waals surface area contributed by atoms with Crippen LogP contribution in [0.2, 0.25) is 0 Å². The number of ether oxygens (including phenoxy) is 1. The number of hydrogen-bond acceptors (Lipinski definition) is 4. The largest absolute Gasteiger partial charge is 0.493 e. The van der Waals surface area contributed by atoms with Crippen molar-refractivity contribution in [2.45, 2.75) is 38.6 Å². The minimum absolute atomic E-state index is 0.0768. The molecule has 0 bridgehead atoms. The third kappa shape index (κ3) is 2.40. The highest BCUT2D eigenvalue weighted by molar-refractivity contribution is 6.03. The van der Waals surface area contributed by atoms with E-state index in [0.29, 0.717) is 36.3 Å². The molecule has 0 spiro atoms. The highest BCUT2D eigenvalue weighted by Crippen LogP contribution is 2.33. The number of furan rings is 1. The predicted octanol–water partition coefficient (Wildman–Crippen LogP) is 3.36. The molecule has 2 aromatic rings. The van der Waals surface area contributed by atoms with Gasteiger partial charge in [0.25, 0.3) is 5.91 Å². The van der Waals surface area contributed by atoms with Crippen LogP contribution in [0.4, 0.5) is 0 Å². The Bertz CT molecular complexity index is 821. The number of Topliss-reactive ketones (excluding diaryl/α,β-unsaturated/α-hetero) is 1. The van der Waals surface area contributed by atoms with Crippen LogP contribution < -0.4 is 10.1 Å². The van der Waals surface area contributed by atoms with E-state index in [2.05, 4.69) is 5.32 Å². The minimum atomic E-state index is -0.267. The molecule has 1 aromatic carbocycles. The Kier molecular flexibility index (Phi) is 3.63. The van der Waals surface area contributed by atoms with Crippen LogP contribution in [0.3, 0.4) is 0 Å². The van der Waals surface area contributed by atoms with E-state index >= 15 is 0 Å².